The Balaban J connectivity index is 2.11. The van der Waals surface area contributed by atoms with Crippen molar-refractivity contribution >= 4 is 21.6 Å². The van der Waals surface area contributed by atoms with E-state index in [2.05, 4.69) is 27.3 Å². The third-order valence-electron chi connectivity index (χ3n) is 3.20. The SMILES string of the molecule is N#CC1CCCCC1Nc1ccc(Br)cc1F. The Morgan fingerprint density at radius 3 is 2.82 bits per heavy atom. The van der Waals surface area contributed by atoms with Crippen LogP contribution in [0.5, 0.6) is 0 Å². The standard InChI is InChI=1S/C13H14BrFN2/c14-10-5-6-13(11(15)7-10)17-12-4-2-1-3-9(12)8-16/h5-7,9,12,17H,1-4H2. The smallest absolute Gasteiger partial charge is 0.147 e. The fraction of sp³-hybridized carbons (Fsp3) is 0.462. The van der Waals surface area contributed by atoms with Gasteiger partial charge in [-0.1, -0.05) is 28.8 Å². The van der Waals surface area contributed by atoms with Gasteiger partial charge in [-0.05, 0) is 31.0 Å². The lowest BCUT2D eigenvalue weighted by molar-refractivity contribution is 0.387. The summed E-state index contributed by atoms with van der Waals surface area (Å²) in [7, 11) is 0. The molecule has 0 aromatic heterocycles. The van der Waals surface area contributed by atoms with Crippen molar-refractivity contribution in [3.63, 3.8) is 0 Å². The second kappa shape index (κ2) is 5.50. The molecule has 0 heterocycles. The van der Waals surface area contributed by atoms with Crippen LogP contribution in [-0.2, 0) is 0 Å². The molecule has 2 rings (SSSR count). The number of anilines is 1. The summed E-state index contributed by atoms with van der Waals surface area (Å²) in [4.78, 5) is 0. The first-order chi connectivity index (χ1) is 8.20. The van der Waals surface area contributed by atoms with Crippen molar-refractivity contribution in [2.75, 3.05) is 5.32 Å². The van der Waals surface area contributed by atoms with Crippen LogP contribution in [0.15, 0.2) is 22.7 Å². The van der Waals surface area contributed by atoms with E-state index in [0.29, 0.717) is 5.69 Å². The van der Waals surface area contributed by atoms with Gasteiger partial charge in [-0.2, -0.15) is 5.26 Å². The molecule has 0 spiro atoms. The zero-order valence-corrected chi connectivity index (χ0v) is 11.0. The fourth-order valence-electron chi connectivity index (χ4n) is 2.26. The van der Waals surface area contributed by atoms with Gasteiger partial charge in [-0.3, -0.25) is 0 Å². The highest BCUT2D eigenvalue weighted by molar-refractivity contribution is 9.10. The molecule has 1 aromatic rings. The summed E-state index contributed by atoms with van der Waals surface area (Å²) < 4.78 is 14.4. The van der Waals surface area contributed by atoms with Crippen molar-refractivity contribution in [3.8, 4) is 6.07 Å². The van der Waals surface area contributed by atoms with E-state index >= 15 is 0 Å². The molecule has 0 aliphatic heterocycles. The molecule has 1 fully saturated rings. The average molecular weight is 297 g/mol. The predicted octanol–water partition coefficient (Wildman–Crippen LogP) is 4.08. The maximum atomic E-state index is 13.7. The molecule has 0 amide bonds. The molecule has 2 atom stereocenters. The number of nitrogens with zero attached hydrogens (tertiary/aromatic N) is 1. The highest BCUT2D eigenvalue weighted by Crippen LogP contribution is 2.28. The maximum Gasteiger partial charge on any atom is 0.147 e. The number of benzene rings is 1. The van der Waals surface area contributed by atoms with Gasteiger partial charge in [0.25, 0.3) is 0 Å². The second-order valence-electron chi connectivity index (χ2n) is 4.40. The molecule has 0 radical (unpaired) electrons. The van der Waals surface area contributed by atoms with E-state index in [1.807, 2.05) is 0 Å². The molecule has 1 saturated carbocycles. The van der Waals surface area contributed by atoms with Crippen LogP contribution in [-0.4, -0.2) is 6.04 Å². The highest BCUT2D eigenvalue weighted by atomic mass is 79.9. The van der Waals surface area contributed by atoms with Crippen molar-refractivity contribution in [2.24, 2.45) is 5.92 Å². The van der Waals surface area contributed by atoms with Crippen LogP contribution in [0.2, 0.25) is 0 Å². The van der Waals surface area contributed by atoms with Crippen LogP contribution in [0, 0.1) is 23.1 Å². The van der Waals surface area contributed by atoms with E-state index in [9.17, 15) is 4.39 Å². The number of nitrogens with one attached hydrogen (secondary N) is 1. The molecule has 0 saturated heterocycles. The third kappa shape index (κ3) is 2.98. The lowest BCUT2D eigenvalue weighted by atomic mass is 9.85. The summed E-state index contributed by atoms with van der Waals surface area (Å²) in [5, 5.41) is 12.2. The molecule has 2 unspecified atom stereocenters. The van der Waals surface area contributed by atoms with E-state index in [0.717, 1.165) is 30.2 Å². The molecule has 1 aliphatic rings. The molecule has 4 heteroatoms. The summed E-state index contributed by atoms with van der Waals surface area (Å²) in [6.07, 6.45) is 4.05. The summed E-state index contributed by atoms with van der Waals surface area (Å²) in [5.74, 6) is -0.284. The van der Waals surface area contributed by atoms with Gasteiger partial charge in [0.05, 0.1) is 17.7 Å². The second-order valence-corrected chi connectivity index (χ2v) is 5.31. The molecular formula is C13H14BrFN2. The van der Waals surface area contributed by atoms with Crippen molar-refractivity contribution < 1.29 is 4.39 Å². The largest absolute Gasteiger partial charge is 0.379 e. The van der Waals surface area contributed by atoms with Gasteiger partial charge in [0.15, 0.2) is 0 Å². The number of rotatable bonds is 2. The van der Waals surface area contributed by atoms with Crippen LogP contribution in [0.25, 0.3) is 0 Å². The lowest BCUT2D eigenvalue weighted by Crippen LogP contribution is -2.31. The topological polar surface area (TPSA) is 35.8 Å². The highest BCUT2D eigenvalue weighted by Gasteiger charge is 2.25. The number of nitriles is 1. The van der Waals surface area contributed by atoms with E-state index < -0.39 is 0 Å². The molecule has 1 aliphatic carbocycles. The van der Waals surface area contributed by atoms with Crippen LogP contribution < -0.4 is 5.32 Å². The van der Waals surface area contributed by atoms with Crippen LogP contribution in [0.4, 0.5) is 10.1 Å². The molecule has 17 heavy (non-hydrogen) atoms. The van der Waals surface area contributed by atoms with Gasteiger partial charge < -0.3 is 5.32 Å². The Morgan fingerprint density at radius 1 is 1.35 bits per heavy atom. The van der Waals surface area contributed by atoms with Gasteiger partial charge >= 0.3 is 0 Å². The Hall–Kier alpha value is -1.08. The number of hydrogen-bond acceptors (Lipinski definition) is 2. The maximum absolute atomic E-state index is 13.7. The first-order valence-corrected chi connectivity index (χ1v) is 6.61. The minimum absolute atomic E-state index is 0.00760. The first-order valence-electron chi connectivity index (χ1n) is 5.82. The lowest BCUT2D eigenvalue weighted by Gasteiger charge is -2.28. The number of hydrogen-bond donors (Lipinski definition) is 1. The van der Waals surface area contributed by atoms with Gasteiger partial charge in [-0.25, -0.2) is 4.39 Å². The van der Waals surface area contributed by atoms with Crippen LogP contribution in [0.3, 0.4) is 0 Å². The minimum atomic E-state index is -0.276. The minimum Gasteiger partial charge on any atom is -0.379 e. The quantitative estimate of drug-likeness (QED) is 0.892. The van der Waals surface area contributed by atoms with E-state index in [4.69, 9.17) is 5.26 Å². The van der Waals surface area contributed by atoms with Gasteiger partial charge in [0.1, 0.15) is 5.82 Å². The van der Waals surface area contributed by atoms with Crippen molar-refractivity contribution in [3.05, 3.63) is 28.5 Å². The molecule has 2 nitrogen and oxygen atoms in total. The van der Waals surface area contributed by atoms with Crippen molar-refractivity contribution in [1.29, 1.82) is 5.26 Å². The number of halogens is 2. The molecular weight excluding hydrogens is 283 g/mol. The Morgan fingerprint density at radius 2 is 2.12 bits per heavy atom. The monoisotopic (exact) mass is 296 g/mol. The van der Waals surface area contributed by atoms with E-state index in [1.165, 1.54) is 6.07 Å². The Kier molecular flexibility index (Phi) is 4.01. The normalized spacial score (nSPS) is 24.1. The molecule has 0 bridgehead atoms. The Bertz CT molecular complexity index is 442. The zero-order chi connectivity index (χ0) is 12.3. The van der Waals surface area contributed by atoms with Gasteiger partial charge in [0, 0.05) is 10.5 Å². The van der Waals surface area contributed by atoms with Crippen LogP contribution in [0.1, 0.15) is 25.7 Å². The molecule has 90 valence electrons. The zero-order valence-electron chi connectivity index (χ0n) is 9.42. The van der Waals surface area contributed by atoms with E-state index in [1.54, 1.807) is 12.1 Å². The van der Waals surface area contributed by atoms with Crippen molar-refractivity contribution in [2.45, 2.75) is 31.7 Å². The Labute approximate surface area is 109 Å². The summed E-state index contributed by atoms with van der Waals surface area (Å²) in [6, 6.07) is 7.33. The van der Waals surface area contributed by atoms with E-state index in [-0.39, 0.29) is 17.8 Å². The van der Waals surface area contributed by atoms with Gasteiger partial charge in [-0.15, -0.1) is 0 Å². The first kappa shape index (κ1) is 12.4. The molecule has 1 aromatic carbocycles. The van der Waals surface area contributed by atoms with Crippen molar-refractivity contribution in [1.82, 2.24) is 0 Å². The summed E-state index contributed by atoms with van der Waals surface area (Å²) in [6.45, 7) is 0. The predicted molar refractivity (Wildman–Crippen MR) is 69.1 cm³/mol. The third-order valence-corrected chi connectivity index (χ3v) is 3.70. The fourth-order valence-corrected chi connectivity index (χ4v) is 2.60. The summed E-state index contributed by atoms with van der Waals surface area (Å²) >= 11 is 3.23. The summed E-state index contributed by atoms with van der Waals surface area (Å²) in [5.41, 5.74) is 0.486. The molecule has 1 N–H and O–H groups in total. The average Bonchev–Trinajstić information content (AvgIpc) is 2.33. The van der Waals surface area contributed by atoms with Crippen LogP contribution >= 0.6 is 15.9 Å². The van der Waals surface area contributed by atoms with Gasteiger partial charge in [0.2, 0.25) is 0 Å².